The largest absolute Gasteiger partial charge is 0.480 e. The quantitative estimate of drug-likeness (QED) is 0.532. The minimum Gasteiger partial charge on any atom is -0.480 e. The summed E-state index contributed by atoms with van der Waals surface area (Å²) < 4.78 is 4.38. The van der Waals surface area contributed by atoms with Crippen LogP contribution in [-0.4, -0.2) is 36.1 Å². The Bertz CT molecular complexity index is 363. The molecule has 0 aromatic rings. The maximum Gasteiger partial charge on any atom is 0.326 e. The molecule has 2 atom stereocenters. The van der Waals surface area contributed by atoms with Crippen molar-refractivity contribution in [2.75, 3.05) is 7.11 Å². The first kappa shape index (κ1) is 14.2. The van der Waals surface area contributed by atoms with Crippen molar-refractivity contribution in [2.24, 2.45) is 5.92 Å². The highest BCUT2D eigenvalue weighted by molar-refractivity contribution is 5.87. The van der Waals surface area contributed by atoms with Crippen molar-refractivity contribution in [3.63, 3.8) is 0 Å². The molecule has 0 fully saturated rings. The molecule has 1 rings (SSSR count). The molecule has 0 saturated heterocycles. The number of ether oxygens (including phenoxy) is 1. The first-order valence-corrected chi connectivity index (χ1v) is 5.78. The summed E-state index contributed by atoms with van der Waals surface area (Å²) in [6.07, 6.45) is 5.70. The zero-order valence-electron chi connectivity index (χ0n) is 10.2. The fourth-order valence-electron chi connectivity index (χ4n) is 1.81. The topological polar surface area (TPSA) is 92.7 Å². The van der Waals surface area contributed by atoms with E-state index in [2.05, 4.69) is 10.1 Å². The maximum absolute atomic E-state index is 11.6. The van der Waals surface area contributed by atoms with Gasteiger partial charge in [0.05, 0.1) is 13.5 Å². The molecule has 6 nitrogen and oxygen atoms in total. The maximum atomic E-state index is 11.6. The van der Waals surface area contributed by atoms with Gasteiger partial charge in [0.25, 0.3) is 0 Å². The van der Waals surface area contributed by atoms with E-state index in [0.717, 1.165) is 12.8 Å². The number of carbonyl (C=O) groups is 3. The van der Waals surface area contributed by atoms with E-state index >= 15 is 0 Å². The van der Waals surface area contributed by atoms with Gasteiger partial charge in [-0.15, -0.1) is 0 Å². The highest BCUT2D eigenvalue weighted by atomic mass is 16.5. The molecule has 100 valence electrons. The Hall–Kier alpha value is -1.85. The van der Waals surface area contributed by atoms with Gasteiger partial charge in [-0.1, -0.05) is 12.2 Å². The van der Waals surface area contributed by atoms with Gasteiger partial charge in [-0.25, -0.2) is 4.79 Å². The van der Waals surface area contributed by atoms with Crippen LogP contribution in [0.2, 0.25) is 0 Å². The summed E-state index contributed by atoms with van der Waals surface area (Å²) in [6, 6.07) is -1.23. The molecule has 0 bridgehead atoms. The highest BCUT2D eigenvalue weighted by Gasteiger charge is 2.24. The van der Waals surface area contributed by atoms with Crippen molar-refractivity contribution in [1.29, 1.82) is 0 Å². The van der Waals surface area contributed by atoms with E-state index in [9.17, 15) is 14.4 Å². The minimum absolute atomic E-state index is 0.164. The fourth-order valence-corrected chi connectivity index (χ4v) is 1.81. The number of allylic oxidation sites excluding steroid dienone is 2. The lowest BCUT2D eigenvalue weighted by Gasteiger charge is -2.14. The van der Waals surface area contributed by atoms with Gasteiger partial charge in [0.1, 0.15) is 6.04 Å². The minimum atomic E-state index is -1.24. The SMILES string of the molecule is COC(=O)C[C@H](NC(=O)CC1C=CCC1)C(=O)O. The molecule has 0 aromatic carbocycles. The number of carboxylic acid groups (broad SMARTS) is 1. The van der Waals surface area contributed by atoms with Crippen LogP contribution in [0.15, 0.2) is 12.2 Å². The number of amides is 1. The Morgan fingerprint density at radius 3 is 2.72 bits per heavy atom. The predicted octanol–water partition coefficient (Wildman–Crippen LogP) is 0.475. The van der Waals surface area contributed by atoms with Crippen LogP contribution >= 0.6 is 0 Å². The lowest BCUT2D eigenvalue weighted by atomic mass is 10.0. The van der Waals surface area contributed by atoms with Crippen LogP contribution in [0.4, 0.5) is 0 Å². The first-order valence-electron chi connectivity index (χ1n) is 5.78. The molecule has 1 aliphatic carbocycles. The Balaban J connectivity index is 2.44. The summed E-state index contributed by atoms with van der Waals surface area (Å²) in [4.78, 5) is 33.5. The van der Waals surface area contributed by atoms with Gasteiger partial charge in [0.2, 0.25) is 5.91 Å². The Labute approximate surface area is 105 Å². The molecule has 18 heavy (non-hydrogen) atoms. The monoisotopic (exact) mass is 255 g/mol. The first-order chi connectivity index (χ1) is 8.52. The highest BCUT2D eigenvalue weighted by Crippen LogP contribution is 2.20. The average molecular weight is 255 g/mol. The van der Waals surface area contributed by atoms with Crippen LogP contribution in [0.5, 0.6) is 0 Å². The van der Waals surface area contributed by atoms with E-state index < -0.39 is 18.0 Å². The van der Waals surface area contributed by atoms with Gasteiger partial charge >= 0.3 is 11.9 Å². The molecule has 0 spiro atoms. The van der Waals surface area contributed by atoms with Gasteiger partial charge in [-0.3, -0.25) is 9.59 Å². The number of nitrogens with one attached hydrogen (secondary N) is 1. The van der Waals surface area contributed by atoms with Gasteiger partial charge in [0.15, 0.2) is 0 Å². The van der Waals surface area contributed by atoms with Crippen molar-refractivity contribution in [3.8, 4) is 0 Å². The molecule has 1 aliphatic rings. The molecule has 0 saturated carbocycles. The zero-order valence-corrected chi connectivity index (χ0v) is 10.2. The predicted molar refractivity (Wildman–Crippen MR) is 62.7 cm³/mol. The van der Waals surface area contributed by atoms with E-state index in [4.69, 9.17) is 5.11 Å². The summed E-state index contributed by atoms with van der Waals surface area (Å²) in [5, 5.41) is 11.2. The lowest BCUT2D eigenvalue weighted by Crippen LogP contribution is -2.42. The molecular formula is C12H17NO5. The Morgan fingerprint density at radius 2 is 2.22 bits per heavy atom. The number of esters is 1. The Kier molecular flexibility index (Phi) is 5.35. The molecule has 1 unspecified atom stereocenters. The van der Waals surface area contributed by atoms with E-state index in [-0.39, 0.29) is 24.7 Å². The molecule has 2 N–H and O–H groups in total. The molecule has 0 aromatic heterocycles. The van der Waals surface area contributed by atoms with E-state index in [1.54, 1.807) is 0 Å². The second-order valence-electron chi connectivity index (χ2n) is 4.21. The number of methoxy groups -OCH3 is 1. The molecule has 1 amide bonds. The average Bonchev–Trinajstić information content (AvgIpc) is 2.80. The second kappa shape index (κ2) is 6.78. The van der Waals surface area contributed by atoms with E-state index in [0.29, 0.717) is 0 Å². The number of carbonyl (C=O) groups excluding carboxylic acids is 2. The summed E-state index contributed by atoms with van der Waals surface area (Å²) in [7, 11) is 1.17. The van der Waals surface area contributed by atoms with E-state index in [1.807, 2.05) is 12.2 Å². The van der Waals surface area contributed by atoms with Crippen LogP contribution < -0.4 is 5.32 Å². The number of hydrogen-bond donors (Lipinski definition) is 2. The van der Waals surface area contributed by atoms with Crippen molar-refractivity contribution >= 4 is 17.8 Å². The van der Waals surface area contributed by atoms with Crippen molar-refractivity contribution in [2.45, 2.75) is 31.7 Å². The molecule has 0 heterocycles. The third-order valence-corrected chi connectivity index (χ3v) is 2.79. The lowest BCUT2D eigenvalue weighted by molar-refractivity contribution is -0.148. The van der Waals surface area contributed by atoms with Crippen molar-refractivity contribution < 1.29 is 24.2 Å². The standard InChI is InChI=1S/C12H17NO5/c1-18-11(15)7-9(12(16)17)13-10(14)6-8-4-2-3-5-8/h2,4,8-9H,3,5-7H2,1H3,(H,13,14)(H,16,17)/t8?,9-/m0/s1. The van der Waals surface area contributed by atoms with Crippen molar-refractivity contribution in [3.05, 3.63) is 12.2 Å². The normalized spacial score (nSPS) is 19.3. The van der Waals surface area contributed by atoms with Gasteiger partial charge in [-0.05, 0) is 18.8 Å². The van der Waals surface area contributed by atoms with Crippen LogP contribution in [-0.2, 0) is 19.1 Å². The third-order valence-electron chi connectivity index (χ3n) is 2.79. The summed E-state index contributed by atoms with van der Waals surface area (Å²) in [5.74, 6) is -2.10. The van der Waals surface area contributed by atoms with Crippen molar-refractivity contribution in [1.82, 2.24) is 5.32 Å². The van der Waals surface area contributed by atoms with Crippen LogP contribution in [0.25, 0.3) is 0 Å². The molecule has 0 aliphatic heterocycles. The van der Waals surface area contributed by atoms with Gasteiger partial charge in [0, 0.05) is 6.42 Å². The summed E-state index contributed by atoms with van der Waals surface area (Å²) in [5.41, 5.74) is 0. The smallest absolute Gasteiger partial charge is 0.326 e. The molecule has 6 heteroatoms. The van der Waals surface area contributed by atoms with Crippen LogP contribution in [0, 0.1) is 5.92 Å². The zero-order chi connectivity index (χ0) is 13.5. The van der Waals surface area contributed by atoms with Crippen LogP contribution in [0.1, 0.15) is 25.7 Å². The second-order valence-corrected chi connectivity index (χ2v) is 4.21. The van der Waals surface area contributed by atoms with Crippen LogP contribution in [0.3, 0.4) is 0 Å². The number of hydrogen-bond acceptors (Lipinski definition) is 4. The number of rotatable bonds is 6. The number of aliphatic carboxylic acids is 1. The fraction of sp³-hybridized carbons (Fsp3) is 0.583. The Morgan fingerprint density at radius 1 is 1.50 bits per heavy atom. The van der Waals surface area contributed by atoms with Gasteiger partial charge in [-0.2, -0.15) is 0 Å². The molecule has 0 radical (unpaired) electrons. The summed E-state index contributed by atoms with van der Waals surface area (Å²) >= 11 is 0. The van der Waals surface area contributed by atoms with Gasteiger partial charge < -0.3 is 15.2 Å². The van der Waals surface area contributed by atoms with E-state index in [1.165, 1.54) is 7.11 Å². The third kappa shape index (κ3) is 4.57. The summed E-state index contributed by atoms with van der Waals surface area (Å²) in [6.45, 7) is 0. The molecular weight excluding hydrogens is 238 g/mol. The number of carboxylic acids is 1.